The van der Waals surface area contributed by atoms with E-state index in [1.165, 1.54) is 6.20 Å². The fourth-order valence-electron chi connectivity index (χ4n) is 4.07. The van der Waals surface area contributed by atoms with E-state index in [1.807, 2.05) is 26.1 Å². The summed E-state index contributed by atoms with van der Waals surface area (Å²) < 4.78 is 50.5. The summed E-state index contributed by atoms with van der Waals surface area (Å²) in [5.74, 6) is -1.46. The Kier molecular flexibility index (Phi) is 7.29. The fourth-order valence-corrected chi connectivity index (χ4v) is 4.07. The summed E-state index contributed by atoms with van der Waals surface area (Å²) in [7, 11) is 0. The van der Waals surface area contributed by atoms with Crippen LogP contribution < -0.4 is 10.1 Å². The van der Waals surface area contributed by atoms with Gasteiger partial charge in [0, 0.05) is 43.1 Å². The van der Waals surface area contributed by atoms with Crippen molar-refractivity contribution >= 4 is 28.6 Å². The highest BCUT2D eigenvalue weighted by molar-refractivity contribution is 6.08. The third-order valence-electron chi connectivity index (χ3n) is 5.83. The monoisotopic (exact) mass is 515 g/mol. The molecule has 1 fully saturated rings. The number of nitrogens with one attached hydrogen (secondary N) is 1. The van der Waals surface area contributed by atoms with E-state index in [2.05, 4.69) is 4.98 Å². The van der Waals surface area contributed by atoms with Crippen LogP contribution in [-0.4, -0.2) is 52.9 Å². The first kappa shape index (κ1) is 26.2. The van der Waals surface area contributed by atoms with Crippen molar-refractivity contribution in [3.63, 3.8) is 0 Å². The van der Waals surface area contributed by atoms with E-state index in [-0.39, 0.29) is 17.9 Å². The molecule has 10 heteroatoms. The molecule has 37 heavy (non-hydrogen) atoms. The number of pyridine rings is 1. The van der Waals surface area contributed by atoms with Crippen LogP contribution in [0, 0.1) is 0 Å². The number of rotatable bonds is 4. The summed E-state index contributed by atoms with van der Waals surface area (Å²) in [4.78, 5) is 30.0. The third-order valence-corrected chi connectivity index (χ3v) is 5.83. The first-order valence-corrected chi connectivity index (χ1v) is 11.9. The number of alkyl halides is 3. The largest absolute Gasteiger partial charge is 0.490 e. The van der Waals surface area contributed by atoms with Crippen LogP contribution in [0.3, 0.4) is 0 Å². The van der Waals surface area contributed by atoms with Crippen molar-refractivity contribution in [3.8, 4) is 16.9 Å². The standard InChI is InChI=1S/C27H28F3N3O4/c1-26(2,3)37-25(35)33-14-12-19(13-15-33)36-18-10-8-17(9-11-18)21-16-31-22-7-5-4-6-20(22)23(21)32-24(34)27(28,29)30/h4-11,16,19H,12-15H2,1-3H3,(H,31,32,34). The first-order valence-electron chi connectivity index (χ1n) is 11.9. The van der Waals surface area contributed by atoms with Gasteiger partial charge in [0.25, 0.3) is 0 Å². The summed E-state index contributed by atoms with van der Waals surface area (Å²) in [5.41, 5.74) is 0.871. The molecular weight excluding hydrogens is 487 g/mol. The molecular formula is C27H28F3N3O4. The summed E-state index contributed by atoms with van der Waals surface area (Å²) in [6, 6.07) is 13.5. The molecule has 0 saturated carbocycles. The van der Waals surface area contributed by atoms with Crippen LogP contribution in [0.25, 0.3) is 22.0 Å². The SMILES string of the molecule is CC(C)(C)OC(=O)N1CCC(Oc2ccc(-c3cnc4ccccc4c3NC(=O)C(F)(F)F)cc2)CC1. The van der Waals surface area contributed by atoms with Gasteiger partial charge in [0.05, 0.1) is 11.2 Å². The second kappa shape index (κ2) is 10.3. The number of hydrogen-bond donors (Lipinski definition) is 1. The van der Waals surface area contributed by atoms with E-state index < -0.39 is 17.7 Å². The van der Waals surface area contributed by atoms with Gasteiger partial charge in [-0.1, -0.05) is 30.3 Å². The van der Waals surface area contributed by atoms with Crippen molar-refractivity contribution < 1.29 is 32.2 Å². The molecule has 0 bridgehead atoms. The van der Waals surface area contributed by atoms with Gasteiger partial charge in [0.2, 0.25) is 0 Å². The van der Waals surface area contributed by atoms with E-state index in [0.29, 0.717) is 53.7 Å². The predicted octanol–water partition coefficient (Wildman–Crippen LogP) is 6.18. The molecule has 4 rings (SSSR count). The number of fused-ring (bicyclic) bond motifs is 1. The lowest BCUT2D eigenvalue weighted by Crippen LogP contribution is -2.44. The number of carbonyl (C=O) groups is 2. The van der Waals surface area contributed by atoms with Gasteiger partial charge in [-0.15, -0.1) is 0 Å². The number of nitrogens with zero attached hydrogens (tertiary/aromatic N) is 2. The lowest BCUT2D eigenvalue weighted by molar-refractivity contribution is -0.167. The van der Waals surface area contributed by atoms with Crippen molar-refractivity contribution in [2.45, 2.75) is 51.5 Å². The summed E-state index contributed by atoms with van der Waals surface area (Å²) in [6.07, 6.45) is -2.73. The molecule has 1 aliphatic heterocycles. The Morgan fingerprint density at radius 2 is 1.65 bits per heavy atom. The molecule has 1 N–H and O–H groups in total. The Labute approximate surface area is 212 Å². The van der Waals surface area contributed by atoms with Gasteiger partial charge >= 0.3 is 18.2 Å². The number of hydrogen-bond acceptors (Lipinski definition) is 5. The lowest BCUT2D eigenvalue weighted by atomic mass is 10.0. The zero-order chi connectivity index (χ0) is 26.8. The highest BCUT2D eigenvalue weighted by Crippen LogP contribution is 2.35. The maximum atomic E-state index is 13.0. The van der Waals surface area contributed by atoms with Crippen LogP contribution in [0.15, 0.2) is 54.7 Å². The van der Waals surface area contributed by atoms with Gasteiger partial charge in [0.15, 0.2) is 0 Å². The molecule has 0 radical (unpaired) electrons. The number of para-hydroxylation sites is 1. The molecule has 196 valence electrons. The minimum Gasteiger partial charge on any atom is -0.490 e. The number of likely N-dealkylation sites (tertiary alicyclic amines) is 1. The highest BCUT2D eigenvalue weighted by atomic mass is 19.4. The molecule has 1 aromatic heterocycles. The summed E-state index contributed by atoms with van der Waals surface area (Å²) in [5, 5.41) is 2.42. The molecule has 2 aromatic carbocycles. The number of piperidine rings is 1. The first-order chi connectivity index (χ1) is 17.4. The highest BCUT2D eigenvalue weighted by Gasteiger charge is 2.39. The number of ether oxygens (including phenoxy) is 2. The van der Waals surface area contributed by atoms with Gasteiger partial charge in [-0.05, 0) is 44.5 Å². The van der Waals surface area contributed by atoms with E-state index in [0.717, 1.165) is 0 Å². The number of benzene rings is 2. The Morgan fingerprint density at radius 3 is 2.27 bits per heavy atom. The van der Waals surface area contributed by atoms with Crippen molar-refractivity contribution in [2.75, 3.05) is 18.4 Å². The Morgan fingerprint density at radius 1 is 1.00 bits per heavy atom. The van der Waals surface area contributed by atoms with Crippen LogP contribution in [0.2, 0.25) is 0 Å². The maximum absolute atomic E-state index is 13.0. The normalized spacial score (nSPS) is 14.9. The third kappa shape index (κ3) is 6.49. The summed E-state index contributed by atoms with van der Waals surface area (Å²) >= 11 is 0. The van der Waals surface area contributed by atoms with Gasteiger partial charge in [0.1, 0.15) is 17.5 Å². The Balaban J connectivity index is 1.48. The van der Waals surface area contributed by atoms with Gasteiger partial charge < -0.3 is 19.7 Å². The predicted molar refractivity (Wildman–Crippen MR) is 133 cm³/mol. The number of anilines is 1. The molecule has 2 amide bonds. The number of halogens is 3. The molecule has 0 unspecified atom stereocenters. The Bertz CT molecular complexity index is 1280. The average Bonchev–Trinajstić information content (AvgIpc) is 2.83. The van der Waals surface area contributed by atoms with Crippen molar-refractivity contribution in [1.82, 2.24) is 9.88 Å². The molecule has 2 heterocycles. The average molecular weight is 516 g/mol. The fraction of sp³-hybridized carbons (Fsp3) is 0.370. The smallest absolute Gasteiger partial charge is 0.471 e. The molecule has 1 saturated heterocycles. The quantitative estimate of drug-likeness (QED) is 0.449. The van der Waals surface area contributed by atoms with E-state index >= 15 is 0 Å². The van der Waals surface area contributed by atoms with E-state index in [4.69, 9.17) is 9.47 Å². The van der Waals surface area contributed by atoms with Crippen LogP contribution >= 0.6 is 0 Å². The van der Waals surface area contributed by atoms with Gasteiger partial charge in [-0.2, -0.15) is 13.2 Å². The Hall–Kier alpha value is -3.82. The second-order valence-corrected chi connectivity index (χ2v) is 9.82. The number of aromatic nitrogens is 1. The summed E-state index contributed by atoms with van der Waals surface area (Å²) in [6.45, 7) is 6.51. The van der Waals surface area contributed by atoms with E-state index in [1.54, 1.807) is 53.4 Å². The van der Waals surface area contributed by atoms with Crippen LogP contribution in [0.5, 0.6) is 5.75 Å². The van der Waals surface area contributed by atoms with Gasteiger partial charge in [-0.3, -0.25) is 9.78 Å². The second-order valence-electron chi connectivity index (χ2n) is 9.82. The van der Waals surface area contributed by atoms with Crippen molar-refractivity contribution in [2.24, 2.45) is 0 Å². The zero-order valence-corrected chi connectivity index (χ0v) is 20.8. The molecule has 7 nitrogen and oxygen atoms in total. The van der Waals surface area contributed by atoms with Gasteiger partial charge in [-0.25, -0.2) is 4.79 Å². The molecule has 0 atom stereocenters. The van der Waals surface area contributed by atoms with Crippen LogP contribution in [0.4, 0.5) is 23.7 Å². The lowest BCUT2D eigenvalue weighted by Gasteiger charge is -2.33. The number of carbonyl (C=O) groups excluding carboxylic acids is 2. The molecule has 0 aliphatic carbocycles. The van der Waals surface area contributed by atoms with Crippen molar-refractivity contribution in [3.05, 3.63) is 54.7 Å². The molecule has 3 aromatic rings. The molecule has 1 aliphatic rings. The minimum absolute atomic E-state index is 0.0381. The minimum atomic E-state index is -5.03. The van der Waals surface area contributed by atoms with E-state index in [9.17, 15) is 22.8 Å². The topological polar surface area (TPSA) is 80.8 Å². The maximum Gasteiger partial charge on any atom is 0.471 e. The van der Waals surface area contributed by atoms with Crippen molar-refractivity contribution in [1.29, 1.82) is 0 Å². The molecule has 0 spiro atoms. The van der Waals surface area contributed by atoms with Crippen LogP contribution in [0.1, 0.15) is 33.6 Å². The van der Waals surface area contributed by atoms with Crippen LogP contribution in [-0.2, 0) is 9.53 Å². The number of amides is 2. The zero-order valence-electron chi connectivity index (χ0n) is 20.8.